The number of anilines is 3. The monoisotopic (exact) mass is 381 g/mol. The molecule has 0 aliphatic carbocycles. The zero-order valence-corrected chi connectivity index (χ0v) is 15.7. The third-order valence-electron chi connectivity index (χ3n) is 5.31. The Kier molecular flexibility index (Phi) is 4.85. The number of aryl methyl sites for hydroxylation is 1. The Labute approximate surface area is 162 Å². The van der Waals surface area contributed by atoms with Crippen molar-refractivity contribution in [3.63, 3.8) is 0 Å². The Morgan fingerprint density at radius 3 is 2.68 bits per heavy atom. The predicted octanol–water partition coefficient (Wildman–Crippen LogP) is 2.13. The van der Waals surface area contributed by atoms with Crippen molar-refractivity contribution >= 4 is 29.3 Å². The van der Waals surface area contributed by atoms with Gasteiger partial charge in [0.1, 0.15) is 5.82 Å². The van der Waals surface area contributed by atoms with Gasteiger partial charge in [0.2, 0.25) is 17.8 Å². The average Bonchev–Trinajstić information content (AvgIpc) is 2.69. The number of benzene rings is 1. The Balaban J connectivity index is 1.66. The van der Waals surface area contributed by atoms with Gasteiger partial charge in [-0.05, 0) is 37.8 Å². The van der Waals surface area contributed by atoms with Crippen LogP contribution >= 0.6 is 0 Å². The van der Waals surface area contributed by atoms with Crippen LogP contribution in [-0.4, -0.2) is 34.9 Å². The smallest absolute Gasteiger partial charge is 0.258 e. The molecule has 0 radical (unpaired) electrons. The summed E-state index contributed by atoms with van der Waals surface area (Å²) in [5, 5.41) is 5.50. The van der Waals surface area contributed by atoms with Gasteiger partial charge in [0.05, 0.1) is 11.5 Å². The highest BCUT2D eigenvalue weighted by molar-refractivity contribution is 6.04. The van der Waals surface area contributed by atoms with Crippen molar-refractivity contribution in [3.05, 3.63) is 45.7 Å². The molecule has 1 atom stereocenters. The zero-order valence-electron chi connectivity index (χ0n) is 15.7. The number of rotatable bonds is 3. The van der Waals surface area contributed by atoms with Crippen molar-refractivity contribution < 1.29 is 9.59 Å². The molecule has 1 aromatic carbocycles. The van der Waals surface area contributed by atoms with Crippen LogP contribution in [0.2, 0.25) is 0 Å². The number of aromatic nitrogens is 2. The van der Waals surface area contributed by atoms with E-state index in [0.717, 1.165) is 37.9 Å². The first kappa shape index (κ1) is 18.2. The van der Waals surface area contributed by atoms with E-state index >= 15 is 0 Å². The van der Waals surface area contributed by atoms with Crippen LogP contribution in [0.3, 0.4) is 0 Å². The van der Waals surface area contributed by atoms with E-state index in [1.807, 2.05) is 30.0 Å². The van der Waals surface area contributed by atoms with Crippen LogP contribution in [-0.2, 0) is 9.59 Å². The fraction of sp³-hybridized carbons (Fsp3) is 0.400. The molecule has 8 heteroatoms. The van der Waals surface area contributed by atoms with Crippen molar-refractivity contribution in [1.29, 1.82) is 0 Å². The number of carbonyl (C=O) groups is 2. The van der Waals surface area contributed by atoms with Gasteiger partial charge in [0.25, 0.3) is 5.56 Å². The molecule has 4 rings (SSSR count). The molecular formula is C20H23N5O3. The average molecular weight is 381 g/mol. The minimum absolute atomic E-state index is 0.0848. The number of aromatic amines is 1. The van der Waals surface area contributed by atoms with Crippen molar-refractivity contribution in [1.82, 2.24) is 9.97 Å². The lowest BCUT2D eigenvalue weighted by Crippen LogP contribution is -2.38. The van der Waals surface area contributed by atoms with E-state index in [-0.39, 0.29) is 35.2 Å². The van der Waals surface area contributed by atoms with Gasteiger partial charge < -0.3 is 15.5 Å². The van der Waals surface area contributed by atoms with Gasteiger partial charge in [-0.2, -0.15) is 4.98 Å². The highest BCUT2D eigenvalue weighted by Crippen LogP contribution is 2.31. The van der Waals surface area contributed by atoms with Crippen LogP contribution < -0.4 is 21.1 Å². The number of H-pyrrole nitrogens is 1. The number of hydrogen-bond acceptors (Lipinski definition) is 5. The van der Waals surface area contributed by atoms with E-state index in [4.69, 9.17) is 0 Å². The lowest BCUT2D eigenvalue weighted by Gasteiger charge is -2.29. The Morgan fingerprint density at radius 2 is 1.93 bits per heavy atom. The molecular weight excluding hydrogens is 358 g/mol. The fourth-order valence-electron chi connectivity index (χ4n) is 3.77. The molecule has 1 fully saturated rings. The van der Waals surface area contributed by atoms with Crippen molar-refractivity contribution in [2.45, 2.75) is 38.5 Å². The summed E-state index contributed by atoms with van der Waals surface area (Å²) in [5.41, 5.74) is 1.40. The maximum Gasteiger partial charge on any atom is 0.258 e. The summed E-state index contributed by atoms with van der Waals surface area (Å²) in [4.78, 5) is 47.2. The van der Waals surface area contributed by atoms with E-state index < -0.39 is 5.92 Å². The quantitative estimate of drug-likeness (QED) is 0.755. The van der Waals surface area contributed by atoms with E-state index in [1.54, 1.807) is 6.07 Å². The number of fused-ring (bicyclic) bond motifs is 1. The standard InChI is InChI=1S/C20H23N5O3/c1-12-7-3-4-8-14(12)21-18(27)13-11-15(26)22-17-16(13)19(28)24-20(23-17)25-9-5-2-6-10-25/h3-4,7-8,13H,2,5-6,9-11H2,1H3,(H,21,27)(H2,22,23,24,26,28). The van der Waals surface area contributed by atoms with Crippen LogP contribution in [0.25, 0.3) is 0 Å². The summed E-state index contributed by atoms with van der Waals surface area (Å²) in [6.07, 6.45) is 3.14. The van der Waals surface area contributed by atoms with E-state index in [1.165, 1.54) is 0 Å². The van der Waals surface area contributed by atoms with Crippen LogP contribution in [0.1, 0.15) is 42.7 Å². The van der Waals surface area contributed by atoms with Gasteiger partial charge in [-0.1, -0.05) is 18.2 Å². The topological polar surface area (TPSA) is 107 Å². The third-order valence-corrected chi connectivity index (χ3v) is 5.31. The zero-order chi connectivity index (χ0) is 19.7. The number of hydrogen-bond donors (Lipinski definition) is 3. The van der Waals surface area contributed by atoms with Gasteiger partial charge in [0.15, 0.2) is 0 Å². The first-order chi connectivity index (χ1) is 13.5. The second kappa shape index (κ2) is 7.46. The molecule has 2 aliphatic rings. The molecule has 1 saturated heterocycles. The van der Waals surface area contributed by atoms with Crippen molar-refractivity contribution in [2.24, 2.45) is 0 Å². The summed E-state index contributed by atoms with van der Waals surface area (Å²) in [7, 11) is 0. The SMILES string of the molecule is Cc1ccccc1NC(=O)C1CC(=O)Nc2nc(N3CCCCC3)[nH]c(=O)c21. The third kappa shape index (κ3) is 3.49. The molecule has 3 heterocycles. The first-order valence-corrected chi connectivity index (χ1v) is 9.58. The summed E-state index contributed by atoms with van der Waals surface area (Å²) >= 11 is 0. The minimum atomic E-state index is -0.880. The largest absolute Gasteiger partial charge is 0.342 e. The molecule has 146 valence electrons. The molecule has 2 aliphatic heterocycles. The van der Waals surface area contributed by atoms with Crippen LogP contribution in [0.5, 0.6) is 0 Å². The lowest BCUT2D eigenvalue weighted by molar-refractivity contribution is -0.123. The second-order valence-corrected chi connectivity index (χ2v) is 7.31. The van der Waals surface area contributed by atoms with Gasteiger partial charge in [-0.25, -0.2) is 0 Å². The Morgan fingerprint density at radius 1 is 1.18 bits per heavy atom. The highest BCUT2D eigenvalue weighted by Gasteiger charge is 2.35. The molecule has 1 unspecified atom stereocenters. The molecule has 0 spiro atoms. The summed E-state index contributed by atoms with van der Waals surface area (Å²) < 4.78 is 0. The maximum atomic E-state index is 12.9. The van der Waals surface area contributed by atoms with Gasteiger partial charge in [0, 0.05) is 25.2 Å². The first-order valence-electron chi connectivity index (χ1n) is 9.58. The maximum absolute atomic E-state index is 12.9. The normalized spacial score (nSPS) is 19.0. The van der Waals surface area contributed by atoms with Gasteiger partial charge in [-0.15, -0.1) is 0 Å². The molecule has 0 saturated carbocycles. The van der Waals surface area contributed by atoms with Crippen molar-refractivity contribution in [2.75, 3.05) is 28.6 Å². The minimum Gasteiger partial charge on any atom is -0.342 e. The van der Waals surface area contributed by atoms with E-state index in [0.29, 0.717) is 11.6 Å². The van der Waals surface area contributed by atoms with Crippen molar-refractivity contribution in [3.8, 4) is 0 Å². The number of piperidine rings is 1. The van der Waals surface area contributed by atoms with Crippen LogP contribution in [0.15, 0.2) is 29.1 Å². The summed E-state index contributed by atoms with van der Waals surface area (Å²) in [6.45, 7) is 3.51. The van der Waals surface area contributed by atoms with E-state index in [2.05, 4.69) is 20.6 Å². The molecule has 3 N–H and O–H groups in total. The van der Waals surface area contributed by atoms with Gasteiger partial charge in [-0.3, -0.25) is 19.4 Å². The van der Waals surface area contributed by atoms with Crippen LogP contribution in [0.4, 0.5) is 17.5 Å². The molecule has 0 bridgehead atoms. The molecule has 1 aromatic heterocycles. The number of amides is 2. The number of para-hydroxylation sites is 1. The molecule has 8 nitrogen and oxygen atoms in total. The van der Waals surface area contributed by atoms with E-state index in [9.17, 15) is 14.4 Å². The fourth-order valence-corrected chi connectivity index (χ4v) is 3.77. The Bertz CT molecular complexity index is 978. The summed E-state index contributed by atoms with van der Waals surface area (Å²) in [5.74, 6) is -0.951. The molecule has 2 amide bonds. The lowest BCUT2D eigenvalue weighted by atomic mass is 9.92. The van der Waals surface area contributed by atoms with Crippen LogP contribution in [0, 0.1) is 6.92 Å². The highest BCUT2D eigenvalue weighted by atomic mass is 16.2. The number of nitrogens with zero attached hydrogens (tertiary/aromatic N) is 2. The summed E-state index contributed by atoms with van der Waals surface area (Å²) in [6, 6.07) is 7.38. The Hall–Kier alpha value is -3.16. The van der Waals surface area contributed by atoms with Gasteiger partial charge >= 0.3 is 0 Å². The molecule has 28 heavy (non-hydrogen) atoms. The predicted molar refractivity (Wildman–Crippen MR) is 107 cm³/mol. The number of nitrogens with one attached hydrogen (secondary N) is 3. The second-order valence-electron chi connectivity index (χ2n) is 7.31. The number of carbonyl (C=O) groups excluding carboxylic acids is 2. The molecule has 2 aromatic rings.